The largest absolute Gasteiger partial charge is 0.378 e. The molecule has 0 saturated carbocycles. The number of benzene rings is 2. The molecule has 166 valence electrons. The van der Waals surface area contributed by atoms with E-state index >= 15 is 0 Å². The monoisotopic (exact) mass is 440 g/mol. The molecule has 1 amide bonds. The molecule has 0 aliphatic carbocycles. The number of amides is 1. The van der Waals surface area contributed by atoms with Crippen LogP contribution in [-0.2, 0) is 11.2 Å². The molecule has 1 saturated heterocycles. The van der Waals surface area contributed by atoms with Crippen LogP contribution in [0.4, 0.5) is 11.5 Å². The van der Waals surface area contributed by atoms with E-state index in [1.54, 1.807) is 30.6 Å². The van der Waals surface area contributed by atoms with E-state index in [1.165, 1.54) is 5.69 Å². The first kappa shape index (κ1) is 20.8. The number of hydrogen-bond acceptors (Lipinski definition) is 6. The van der Waals surface area contributed by atoms with Crippen LogP contribution >= 0.6 is 0 Å². The van der Waals surface area contributed by atoms with E-state index < -0.39 is 0 Å². The van der Waals surface area contributed by atoms with E-state index in [4.69, 9.17) is 9.72 Å². The summed E-state index contributed by atoms with van der Waals surface area (Å²) in [5.41, 5.74) is 4.69. The average molecular weight is 441 g/mol. The number of ether oxygens (including phenoxy) is 1. The van der Waals surface area contributed by atoms with Crippen molar-refractivity contribution >= 4 is 17.4 Å². The van der Waals surface area contributed by atoms with E-state index in [0.717, 1.165) is 48.9 Å². The quantitative estimate of drug-likeness (QED) is 0.476. The van der Waals surface area contributed by atoms with Gasteiger partial charge in [-0.25, -0.2) is 9.97 Å². The minimum atomic E-state index is -0.199. The maximum atomic E-state index is 12.3. The van der Waals surface area contributed by atoms with Crippen LogP contribution < -0.4 is 10.2 Å². The van der Waals surface area contributed by atoms with Crippen molar-refractivity contribution in [2.24, 2.45) is 0 Å². The molecular weight excluding hydrogens is 416 g/mol. The maximum Gasteiger partial charge on any atom is 0.256 e. The second-order valence-corrected chi connectivity index (χ2v) is 7.80. The van der Waals surface area contributed by atoms with Crippen molar-refractivity contribution in [3.63, 3.8) is 0 Å². The average Bonchev–Trinajstić information content (AvgIpc) is 3.38. The number of nitrogens with zero attached hydrogens (tertiary/aromatic N) is 4. The zero-order chi connectivity index (χ0) is 22.5. The van der Waals surface area contributed by atoms with E-state index in [2.05, 4.69) is 49.7 Å². The molecule has 1 fully saturated rings. The van der Waals surface area contributed by atoms with Gasteiger partial charge in [0, 0.05) is 48.6 Å². The molecule has 4 aromatic rings. The lowest BCUT2D eigenvalue weighted by atomic mass is 10.1. The number of aromatic amines is 1. The number of anilines is 2. The van der Waals surface area contributed by atoms with Crippen molar-refractivity contribution in [1.29, 1.82) is 0 Å². The Morgan fingerprint density at radius 1 is 0.970 bits per heavy atom. The van der Waals surface area contributed by atoms with Crippen molar-refractivity contribution in [3.8, 4) is 11.3 Å². The summed E-state index contributed by atoms with van der Waals surface area (Å²) in [6, 6.07) is 19.5. The fourth-order valence-corrected chi connectivity index (χ4v) is 3.79. The normalized spacial score (nSPS) is 13.6. The summed E-state index contributed by atoms with van der Waals surface area (Å²) in [5, 5.41) is 9.31. The van der Waals surface area contributed by atoms with Crippen molar-refractivity contribution in [2.75, 3.05) is 36.5 Å². The highest BCUT2D eigenvalue weighted by atomic mass is 16.5. The number of hydrogen-bond donors (Lipinski definition) is 2. The zero-order valence-electron chi connectivity index (χ0n) is 18.1. The smallest absolute Gasteiger partial charge is 0.256 e. The van der Waals surface area contributed by atoms with Gasteiger partial charge >= 0.3 is 0 Å². The number of carbonyl (C=O) groups is 1. The molecule has 5 rings (SSSR count). The van der Waals surface area contributed by atoms with Crippen LogP contribution in [-0.4, -0.2) is 52.4 Å². The molecule has 0 spiro atoms. The van der Waals surface area contributed by atoms with Gasteiger partial charge in [-0.1, -0.05) is 24.3 Å². The predicted octanol–water partition coefficient (Wildman–Crippen LogP) is 3.55. The Hall–Kier alpha value is -4.04. The Balaban J connectivity index is 1.25. The SMILES string of the molecule is O=C(Nc1ccn[nH]1)c1ccc(-c2ccnc(Cc3ccc(N4CCOCC4)cc3)n2)cc1. The maximum absolute atomic E-state index is 12.3. The number of rotatable bonds is 6. The minimum absolute atomic E-state index is 0.199. The molecule has 8 nitrogen and oxygen atoms in total. The molecule has 0 radical (unpaired) electrons. The van der Waals surface area contributed by atoms with Crippen molar-refractivity contribution in [2.45, 2.75) is 6.42 Å². The van der Waals surface area contributed by atoms with Gasteiger partial charge < -0.3 is 15.0 Å². The predicted molar refractivity (Wildman–Crippen MR) is 126 cm³/mol. The van der Waals surface area contributed by atoms with Crippen LogP contribution in [0.5, 0.6) is 0 Å². The second-order valence-electron chi connectivity index (χ2n) is 7.80. The van der Waals surface area contributed by atoms with Gasteiger partial charge in [-0.3, -0.25) is 9.89 Å². The molecule has 3 heterocycles. The molecule has 0 bridgehead atoms. The summed E-state index contributed by atoms with van der Waals surface area (Å²) < 4.78 is 5.43. The molecule has 2 aromatic heterocycles. The number of carbonyl (C=O) groups excluding carboxylic acids is 1. The molecule has 2 N–H and O–H groups in total. The number of nitrogens with one attached hydrogen (secondary N) is 2. The van der Waals surface area contributed by atoms with E-state index in [-0.39, 0.29) is 5.91 Å². The number of morpholine rings is 1. The molecule has 0 unspecified atom stereocenters. The van der Waals surface area contributed by atoms with E-state index in [1.807, 2.05) is 18.2 Å². The Kier molecular flexibility index (Phi) is 6.08. The molecule has 8 heteroatoms. The fraction of sp³-hybridized carbons (Fsp3) is 0.200. The zero-order valence-corrected chi connectivity index (χ0v) is 18.1. The highest BCUT2D eigenvalue weighted by Gasteiger charge is 2.12. The van der Waals surface area contributed by atoms with Crippen LogP contribution in [0.1, 0.15) is 21.7 Å². The Labute approximate surface area is 191 Å². The molecule has 33 heavy (non-hydrogen) atoms. The number of aromatic nitrogens is 4. The molecular formula is C25H24N6O2. The molecule has 0 atom stereocenters. The second kappa shape index (κ2) is 9.62. The molecule has 2 aromatic carbocycles. The fourth-order valence-electron chi connectivity index (χ4n) is 3.79. The summed E-state index contributed by atoms with van der Waals surface area (Å²) in [6.07, 6.45) is 4.02. The van der Waals surface area contributed by atoms with Gasteiger partial charge in [0.1, 0.15) is 11.6 Å². The third-order valence-electron chi connectivity index (χ3n) is 5.57. The van der Waals surface area contributed by atoms with Crippen molar-refractivity contribution in [3.05, 3.63) is 90.0 Å². The highest BCUT2D eigenvalue weighted by molar-refractivity contribution is 6.03. The van der Waals surface area contributed by atoms with E-state index in [9.17, 15) is 4.79 Å². The first-order valence-electron chi connectivity index (χ1n) is 10.9. The topological polar surface area (TPSA) is 96.0 Å². The van der Waals surface area contributed by atoms with Gasteiger partial charge in [-0.15, -0.1) is 0 Å². The van der Waals surface area contributed by atoms with Crippen LogP contribution in [0.15, 0.2) is 73.1 Å². The first-order valence-corrected chi connectivity index (χ1v) is 10.9. The van der Waals surface area contributed by atoms with Crippen molar-refractivity contribution < 1.29 is 9.53 Å². The standard InChI is InChI=1S/C25H24N6O2/c32-25(29-23-10-12-27-30-23)20-5-3-19(4-6-20)22-9-11-26-24(28-22)17-18-1-7-21(8-2-18)31-13-15-33-16-14-31/h1-12H,13-17H2,(H2,27,29,30,32). The van der Waals surface area contributed by atoms with Crippen LogP contribution in [0, 0.1) is 0 Å². The van der Waals surface area contributed by atoms with Crippen LogP contribution in [0.3, 0.4) is 0 Å². The first-order chi connectivity index (χ1) is 16.2. The van der Waals surface area contributed by atoms with Gasteiger partial charge in [-0.2, -0.15) is 5.10 Å². The summed E-state index contributed by atoms with van der Waals surface area (Å²) in [7, 11) is 0. The van der Waals surface area contributed by atoms with E-state index in [0.29, 0.717) is 17.8 Å². The Bertz CT molecular complexity index is 1200. The highest BCUT2D eigenvalue weighted by Crippen LogP contribution is 2.20. The Morgan fingerprint density at radius 2 is 1.76 bits per heavy atom. The third-order valence-corrected chi connectivity index (χ3v) is 5.57. The lowest BCUT2D eigenvalue weighted by molar-refractivity contribution is 0.102. The van der Waals surface area contributed by atoms with Gasteiger partial charge in [0.15, 0.2) is 0 Å². The van der Waals surface area contributed by atoms with Crippen LogP contribution in [0.2, 0.25) is 0 Å². The van der Waals surface area contributed by atoms with Crippen molar-refractivity contribution in [1.82, 2.24) is 20.2 Å². The summed E-state index contributed by atoms with van der Waals surface area (Å²) in [5.74, 6) is 1.12. The summed E-state index contributed by atoms with van der Waals surface area (Å²) >= 11 is 0. The Morgan fingerprint density at radius 3 is 2.48 bits per heavy atom. The van der Waals surface area contributed by atoms with Gasteiger partial charge in [0.05, 0.1) is 25.1 Å². The van der Waals surface area contributed by atoms with Gasteiger partial charge in [-0.05, 0) is 35.9 Å². The summed E-state index contributed by atoms with van der Waals surface area (Å²) in [4.78, 5) is 23.9. The van der Waals surface area contributed by atoms with Crippen LogP contribution in [0.25, 0.3) is 11.3 Å². The minimum Gasteiger partial charge on any atom is -0.378 e. The lowest BCUT2D eigenvalue weighted by Crippen LogP contribution is -2.36. The van der Waals surface area contributed by atoms with Gasteiger partial charge in [0.2, 0.25) is 0 Å². The molecule has 1 aliphatic rings. The lowest BCUT2D eigenvalue weighted by Gasteiger charge is -2.28. The molecule has 1 aliphatic heterocycles. The number of H-pyrrole nitrogens is 1. The third kappa shape index (κ3) is 5.07. The van der Waals surface area contributed by atoms with Gasteiger partial charge in [0.25, 0.3) is 5.91 Å². The summed E-state index contributed by atoms with van der Waals surface area (Å²) in [6.45, 7) is 3.40.